The molecule has 0 spiro atoms. The quantitative estimate of drug-likeness (QED) is 0.328. The molecule has 22 heavy (non-hydrogen) atoms. The Hall–Kier alpha value is -1.85. The van der Waals surface area contributed by atoms with Crippen LogP contribution >= 0.6 is 0 Å². The van der Waals surface area contributed by atoms with Gasteiger partial charge in [0.2, 0.25) is 5.91 Å². The zero-order valence-corrected chi connectivity index (χ0v) is 13.5. The first kappa shape index (κ1) is 20.1. The minimum absolute atomic E-state index is 0.155. The summed E-state index contributed by atoms with van der Waals surface area (Å²) in [6, 6.07) is -0.948. The van der Waals surface area contributed by atoms with Gasteiger partial charge in [-0.15, -0.1) is 0 Å². The van der Waals surface area contributed by atoms with E-state index in [0.717, 1.165) is 44.9 Å². The Morgan fingerprint density at radius 1 is 1.09 bits per heavy atom. The third-order valence-corrected chi connectivity index (χ3v) is 3.18. The van der Waals surface area contributed by atoms with Gasteiger partial charge in [-0.3, -0.25) is 9.59 Å². The zero-order chi connectivity index (χ0) is 16.8. The molecule has 0 aliphatic heterocycles. The zero-order valence-electron chi connectivity index (χ0n) is 13.5. The summed E-state index contributed by atoms with van der Waals surface area (Å²) in [6.07, 6.45) is 10.7. The van der Waals surface area contributed by atoms with Gasteiger partial charge >= 0.3 is 11.9 Å². The van der Waals surface area contributed by atoms with Crippen molar-refractivity contribution < 1.29 is 24.2 Å². The maximum Gasteiger partial charge on any atom is 0.330 e. The second-order valence-electron chi connectivity index (χ2n) is 5.18. The molecule has 6 nitrogen and oxygen atoms in total. The Balaban J connectivity index is 3.59. The summed E-state index contributed by atoms with van der Waals surface area (Å²) < 4.78 is 4.57. The van der Waals surface area contributed by atoms with E-state index >= 15 is 0 Å². The minimum atomic E-state index is -1.06. The number of carbonyl (C=O) groups is 3. The lowest BCUT2D eigenvalue weighted by atomic mass is 10.1. The molecule has 6 heteroatoms. The number of amides is 1. The number of carboxylic acid groups (broad SMARTS) is 1. The highest BCUT2D eigenvalue weighted by molar-refractivity contribution is 5.83. The number of allylic oxidation sites excluding steroid dienone is 1. The molecule has 0 heterocycles. The van der Waals surface area contributed by atoms with Crippen molar-refractivity contribution in [2.75, 3.05) is 7.11 Å². The van der Waals surface area contributed by atoms with Crippen molar-refractivity contribution in [3.8, 4) is 0 Å². The monoisotopic (exact) mass is 313 g/mol. The summed E-state index contributed by atoms with van der Waals surface area (Å²) in [4.78, 5) is 32.6. The average Bonchev–Trinajstić information content (AvgIpc) is 2.46. The van der Waals surface area contributed by atoms with Crippen molar-refractivity contribution in [1.82, 2.24) is 5.32 Å². The van der Waals surface area contributed by atoms with E-state index in [1.54, 1.807) is 6.08 Å². The van der Waals surface area contributed by atoms with E-state index in [-0.39, 0.29) is 11.9 Å². The second kappa shape index (κ2) is 12.9. The van der Waals surface area contributed by atoms with Crippen LogP contribution in [0.15, 0.2) is 12.2 Å². The molecule has 0 aromatic heterocycles. The van der Waals surface area contributed by atoms with E-state index in [1.165, 1.54) is 20.1 Å². The number of nitrogens with one attached hydrogen (secondary N) is 1. The van der Waals surface area contributed by atoms with Crippen LogP contribution < -0.4 is 5.32 Å². The number of hydrogen-bond acceptors (Lipinski definition) is 4. The number of carbonyl (C=O) groups excluding carboxylic acids is 2. The molecule has 0 aromatic carbocycles. The normalized spacial score (nSPS) is 12.1. The van der Waals surface area contributed by atoms with E-state index in [4.69, 9.17) is 5.11 Å². The summed E-state index contributed by atoms with van der Waals surface area (Å²) in [6.45, 7) is 1.30. The molecule has 0 aliphatic rings. The van der Waals surface area contributed by atoms with Crippen molar-refractivity contribution in [3.05, 3.63) is 12.2 Å². The number of aliphatic carboxylic acids is 1. The summed E-state index contributed by atoms with van der Waals surface area (Å²) in [7, 11) is 1.40. The Labute approximate surface area is 131 Å². The molecule has 2 N–H and O–H groups in total. The van der Waals surface area contributed by atoms with E-state index in [1.807, 2.05) is 0 Å². The van der Waals surface area contributed by atoms with Crippen LogP contribution in [0.3, 0.4) is 0 Å². The highest BCUT2D eigenvalue weighted by Crippen LogP contribution is 2.09. The molecule has 0 aromatic rings. The van der Waals surface area contributed by atoms with Crippen molar-refractivity contribution in [3.63, 3.8) is 0 Å². The molecule has 1 amide bonds. The average molecular weight is 313 g/mol. The van der Waals surface area contributed by atoms with Gasteiger partial charge in [0.1, 0.15) is 6.04 Å². The fraction of sp³-hybridized carbons (Fsp3) is 0.688. The SMILES string of the molecule is COC(=O)CCCCCCCCC=CC(NC(C)=O)C(=O)O. The molecule has 0 rings (SSSR count). The van der Waals surface area contributed by atoms with Gasteiger partial charge in [0.25, 0.3) is 0 Å². The maximum absolute atomic E-state index is 10.9. The topological polar surface area (TPSA) is 92.7 Å². The Morgan fingerprint density at radius 2 is 1.68 bits per heavy atom. The van der Waals surface area contributed by atoms with Crippen LogP contribution in [0.4, 0.5) is 0 Å². The van der Waals surface area contributed by atoms with Crippen LogP contribution in [-0.4, -0.2) is 36.1 Å². The Morgan fingerprint density at radius 3 is 2.23 bits per heavy atom. The van der Waals surface area contributed by atoms with E-state index in [2.05, 4.69) is 10.1 Å². The number of methoxy groups -OCH3 is 1. The third kappa shape index (κ3) is 11.9. The van der Waals surface area contributed by atoms with Crippen LogP contribution in [0.1, 0.15) is 58.3 Å². The first-order chi connectivity index (χ1) is 10.5. The van der Waals surface area contributed by atoms with Crippen LogP contribution in [0, 0.1) is 0 Å². The smallest absolute Gasteiger partial charge is 0.330 e. The predicted octanol–water partition coefficient (Wildman–Crippen LogP) is 2.43. The van der Waals surface area contributed by atoms with Crippen molar-refractivity contribution in [2.45, 2.75) is 64.3 Å². The molecule has 0 fully saturated rings. The standard InChI is InChI=1S/C16H27NO5/c1-13(18)17-14(16(20)21)11-9-7-5-3-4-6-8-10-12-15(19)22-2/h9,11,14H,3-8,10,12H2,1-2H3,(H,17,18)(H,20,21). The Kier molecular flexibility index (Phi) is 11.8. The lowest BCUT2D eigenvalue weighted by Gasteiger charge is -2.07. The van der Waals surface area contributed by atoms with Crippen LogP contribution in [0.25, 0.3) is 0 Å². The second-order valence-corrected chi connectivity index (χ2v) is 5.18. The first-order valence-corrected chi connectivity index (χ1v) is 7.70. The fourth-order valence-electron chi connectivity index (χ4n) is 1.98. The van der Waals surface area contributed by atoms with E-state index < -0.39 is 12.0 Å². The van der Waals surface area contributed by atoms with Gasteiger partial charge in [-0.25, -0.2) is 4.79 Å². The molecular weight excluding hydrogens is 286 g/mol. The molecular formula is C16H27NO5. The lowest BCUT2D eigenvalue weighted by Crippen LogP contribution is -2.37. The summed E-state index contributed by atoms with van der Waals surface area (Å²) in [5.41, 5.74) is 0. The van der Waals surface area contributed by atoms with Crippen molar-refractivity contribution in [2.24, 2.45) is 0 Å². The number of carboxylic acids is 1. The van der Waals surface area contributed by atoms with Crippen molar-refractivity contribution in [1.29, 1.82) is 0 Å². The highest BCUT2D eigenvalue weighted by atomic mass is 16.5. The first-order valence-electron chi connectivity index (χ1n) is 7.70. The van der Waals surface area contributed by atoms with Gasteiger partial charge in [0, 0.05) is 13.3 Å². The van der Waals surface area contributed by atoms with Gasteiger partial charge in [0.15, 0.2) is 0 Å². The molecule has 1 atom stereocenters. The third-order valence-electron chi connectivity index (χ3n) is 3.18. The van der Waals surface area contributed by atoms with Gasteiger partial charge in [0.05, 0.1) is 7.11 Å². The van der Waals surface area contributed by atoms with E-state index in [9.17, 15) is 14.4 Å². The number of rotatable bonds is 12. The fourth-order valence-corrected chi connectivity index (χ4v) is 1.98. The van der Waals surface area contributed by atoms with Gasteiger partial charge in [-0.05, 0) is 19.3 Å². The molecule has 0 saturated heterocycles. The molecule has 0 radical (unpaired) electrons. The number of ether oxygens (including phenoxy) is 1. The largest absolute Gasteiger partial charge is 0.479 e. The van der Waals surface area contributed by atoms with Gasteiger partial charge in [-0.2, -0.15) is 0 Å². The van der Waals surface area contributed by atoms with Crippen LogP contribution in [0.5, 0.6) is 0 Å². The molecule has 0 aliphatic carbocycles. The van der Waals surface area contributed by atoms with Gasteiger partial charge in [-0.1, -0.05) is 37.8 Å². The van der Waals surface area contributed by atoms with E-state index in [0.29, 0.717) is 6.42 Å². The summed E-state index contributed by atoms with van der Waals surface area (Å²) in [5, 5.41) is 11.3. The number of esters is 1. The maximum atomic E-state index is 10.9. The number of hydrogen-bond donors (Lipinski definition) is 2. The van der Waals surface area contributed by atoms with Crippen molar-refractivity contribution >= 4 is 17.8 Å². The summed E-state index contributed by atoms with van der Waals surface area (Å²) >= 11 is 0. The minimum Gasteiger partial charge on any atom is -0.479 e. The Bertz CT molecular complexity index is 379. The van der Waals surface area contributed by atoms with Crippen LogP contribution in [-0.2, 0) is 19.1 Å². The van der Waals surface area contributed by atoms with Crippen LogP contribution in [0.2, 0.25) is 0 Å². The number of unbranched alkanes of at least 4 members (excludes halogenated alkanes) is 6. The highest BCUT2D eigenvalue weighted by Gasteiger charge is 2.13. The van der Waals surface area contributed by atoms with Gasteiger partial charge < -0.3 is 15.2 Å². The molecule has 126 valence electrons. The predicted molar refractivity (Wildman–Crippen MR) is 83.3 cm³/mol. The molecule has 1 unspecified atom stereocenters. The summed E-state index contributed by atoms with van der Waals surface area (Å²) in [5.74, 6) is -1.57. The molecule has 0 saturated carbocycles. The lowest BCUT2D eigenvalue weighted by molar-refractivity contribution is -0.141. The molecule has 0 bridgehead atoms.